The molecule has 0 aromatic heterocycles. The highest BCUT2D eigenvalue weighted by Gasteiger charge is 2.32. The lowest BCUT2D eigenvalue weighted by molar-refractivity contribution is -0.139. The number of halogens is 3. The van der Waals surface area contributed by atoms with Crippen LogP contribution < -0.4 is 9.62 Å². The van der Waals surface area contributed by atoms with Gasteiger partial charge in [-0.3, -0.25) is 13.9 Å². The minimum Gasteiger partial charge on any atom is -0.357 e. The second-order valence-corrected chi connectivity index (χ2v) is 11.0. The zero-order chi connectivity index (χ0) is 26.5. The molecule has 0 aliphatic carbocycles. The Balaban J connectivity index is 2.04. The van der Waals surface area contributed by atoms with Crippen LogP contribution in [0.2, 0.25) is 15.1 Å². The van der Waals surface area contributed by atoms with E-state index >= 15 is 0 Å². The molecule has 3 aromatic rings. The van der Waals surface area contributed by atoms with Crippen LogP contribution in [-0.4, -0.2) is 44.8 Å². The average molecular weight is 569 g/mol. The standard InChI is InChI=1S/C25H24Cl3N3O4S/c1-17(25(33)29-2)30(15-18-11-12-20(27)14-23(18)28)24(32)16-31(21-8-6-7-19(26)13-21)36(34,35)22-9-4-3-5-10-22/h3-14,17H,15-16H2,1-2H3,(H,29,33)/t17-/m0/s1. The normalized spacial score (nSPS) is 12.0. The number of amides is 2. The topological polar surface area (TPSA) is 86.8 Å². The van der Waals surface area contributed by atoms with Crippen LogP contribution in [0.15, 0.2) is 77.7 Å². The molecule has 3 aromatic carbocycles. The first-order valence-electron chi connectivity index (χ1n) is 10.8. The van der Waals surface area contributed by atoms with Crippen molar-refractivity contribution < 1.29 is 18.0 Å². The number of sulfonamides is 1. The summed E-state index contributed by atoms with van der Waals surface area (Å²) in [6.07, 6.45) is 0. The summed E-state index contributed by atoms with van der Waals surface area (Å²) < 4.78 is 28.2. The van der Waals surface area contributed by atoms with Gasteiger partial charge in [-0.1, -0.05) is 65.1 Å². The Morgan fingerprint density at radius 1 is 0.917 bits per heavy atom. The summed E-state index contributed by atoms with van der Waals surface area (Å²) in [6, 6.07) is 17.8. The second-order valence-electron chi connectivity index (χ2n) is 7.85. The third-order valence-electron chi connectivity index (χ3n) is 5.48. The van der Waals surface area contributed by atoms with Gasteiger partial charge < -0.3 is 10.2 Å². The van der Waals surface area contributed by atoms with Crippen molar-refractivity contribution in [1.29, 1.82) is 0 Å². The molecule has 0 radical (unpaired) electrons. The summed E-state index contributed by atoms with van der Waals surface area (Å²) in [5, 5.41) is 3.56. The molecule has 0 heterocycles. The molecule has 0 saturated heterocycles. The van der Waals surface area contributed by atoms with Crippen molar-refractivity contribution in [2.24, 2.45) is 0 Å². The smallest absolute Gasteiger partial charge is 0.264 e. The van der Waals surface area contributed by atoms with Crippen LogP contribution in [0.1, 0.15) is 12.5 Å². The molecule has 0 fully saturated rings. The summed E-state index contributed by atoms with van der Waals surface area (Å²) in [5.74, 6) is -1.04. The van der Waals surface area contributed by atoms with Gasteiger partial charge in [0.15, 0.2) is 0 Å². The Morgan fingerprint density at radius 2 is 1.58 bits per heavy atom. The number of carbonyl (C=O) groups is 2. The predicted octanol–water partition coefficient (Wildman–Crippen LogP) is 5.01. The fraction of sp³-hybridized carbons (Fsp3) is 0.200. The van der Waals surface area contributed by atoms with Crippen molar-refractivity contribution >= 4 is 62.3 Å². The minimum atomic E-state index is -4.15. The third-order valence-corrected chi connectivity index (χ3v) is 8.09. The van der Waals surface area contributed by atoms with Gasteiger partial charge in [0, 0.05) is 28.7 Å². The van der Waals surface area contributed by atoms with Crippen molar-refractivity contribution in [3.8, 4) is 0 Å². The zero-order valence-corrected chi connectivity index (χ0v) is 22.6. The zero-order valence-electron chi connectivity index (χ0n) is 19.5. The Bertz CT molecular complexity index is 1350. The van der Waals surface area contributed by atoms with Crippen LogP contribution >= 0.6 is 34.8 Å². The molecule has 1 N–H and O–H groups in total. The molecule has 0 aliphatic rings. The summed E-state index contributed by atoms with van der Waals surface area (Å²) in [5.41, 5.74) is 0.752. The summed E-state index contributed by atoms with van der Waals surface area (Å²) >= 11 is 18.5. The Labute approximate surface area is 225 Å². The van der Waals surface area contributed by atoms with Crippen LogP contribution in [0.25, 0.3) is 0 Å². The van der Waals surface area contributed by atoms with Crippen LogP contribution in [0.4, 0.5) is 5.69 Å². The van der Waals surface area contributed by atoms with Gasteiger partial charge in [0.2, 0.25) is 11.8 Å². The Kier molecular flexibility index (Phi) is 9.24. The highest BCUT2D eigenvalue weighted by Crippen LogP contribution is 2.27. The molecule has 0 unspecified atom stereocenters. The Morgan fingerprint density at radius 3 is 2.19 bits per heavy atom. The first-order chi connectivity index (χ1) is 17.0. The largest absolute Gasteiger partial charge is 0.357 e. The van der Waals surface area contributed by atoms with Gasteiger partial charge in [0.05, 0.1) is 10.6 Å². The summed E-state index contributed by atoms with van der Waals surface area (Å²) in [7, 11) is -2.70. The summed E-state index contributed by atoms with van der Waals surface area (Å²) in [4.78, 5) is 27.4. The Hall–Kier alpha value is -2.78. The maximum Gasteiger partial charge on any atom is 0.264 e. The molecule has 2 amide bonds. The van der Waals surface area contributed by atoms with Gasteiger partial charge in [0.25, 0.3) is 10.0 Å². The van der Waals surface area contributed by atoms with Gasteiger partial charge in [-0.2, -0.15) is 0 Å². The summed E-state index contributed by atoms with van der Waals surface area (Å²) in [6.45, 7) is 0.929. The number of anilines is 1. The maximum atomic E-state index is 13.7. The highest BCUT2D eigenvalue weighted by molar-refractivity contribution is 7.92. The lowest BCUT2D eigenvalue weighted by Gasteiger charge is -2.32. The number of benzene rings is 3. The number of nitrogens with zero attached hydrogens (tertiary/aromatic N) is 2. The predicted molar refractivity (Wildman–Crippen MR) is 143 cm³/mol. The quantitative estimate of drug-likeness (QED) is 0.393. The second kappa shape index (κ2) is 12.0. The molecule has 36 heavy (non-hydrogen) atoms. The van der Waals surface area contributed by atoms with Crippen molar-refractivity contribution in [3.05, 3.63) is 93.4 Å². The fourth-order valence-electron chi connectivity index (χ4n) is 3.50. The third kappa shape index (κ3) is 6.50. The first kappa shape index (κ1) is 27.8. The lowest BCUT2D eigenvalue weighted by Crippen LogP contribution is -2.50. The minimum absolute atomic E-state index is 0.00409. The SMILES string of the molecule is CNC(=O)[C@H](C)N(Cc1ccc(Cl)cc1Cl)C(=O)CN(c1cccc(Cl)c1)S(=O)(=O)c1ccccc1. The molecule has 0 saturated carbocycles. The van der Waals surface area contributed by atoms with E-state index in [1.807, 2.05) is 0 Å². The fourth-order valence-corrected chi connectivity index (χ4v) is 5.58. The molecule has 0 bridgehead atoms. The molecule has 7 nitrogen and oxygen atoms in total. The molecule has 11 heteroatoms. The van der Waals surface area contributed by atoms with Crippen LogP contribution in [-0.2, 0) is 26.2 Å². The van der Waals surface area contributed by atoms with E-state index < -0.39 is 34.4 Å². The number of carbonyl (C=O) groups excluding carboxylic acids is 2. The highest BCUT2D eigenvalue weighted by atomic mass is 35.5. The van der Waals surface area contributed by atoms with E-state index in [9.17, 15) is 18.0 Å². The number of nitrogens with one attached hydrogen (secondary N) is 1. The van der Waals surface area contributed by atoms with Gasteiger partial charge in [-0.25, -0.2) is 8.42 Å². The number of likely N-dealkylation sites (N-methyl/N-ethyl adjacent to an activating group) is 1. The lowest BCUT2D eigenvalue weighted by atomic mass is 10.1. The molecule has 3 rings (SSSR count). The van der Waals surface area contributed by atoms with Gasteiger partial charge in [0.1, 0.15) is 12.6 Å². The van der Waals surface area contributed by atoms with E-state index in [4.69, 9.17) is 34.8 Å². The van der Waals surface area contributed by atoms with Gasteiger partial charge in [-0.05, 0) is 55.0 Å². The number of rotatable bonds is 9. The van der Waals surface area contributed by atoms with E-state index in [2.05, 4.69) is 5.32 Å². The number of hydrogen-bond acceptors (Lipinski definition) is 4. The van der Waals surface area contributed by atoms with Crippen LogP contribution in [0.5, 0.6) is 0 Å². The molecular formula is C25H24Cl3N3O4S. The molecule has 0 aliphatic heterocycles. The number of hydrogen-bond donors (Lipinski definition) is 1. The first-order valence-corrected chi connectivity index (χ1v) is 13.4. The van der Waals surface area contributed by atoms with Gasteiger partial charge >= 0.3 is 0 Å². The van der Waals surface area contributed by atoms with Gasteiger partial charge in [-0.15, -0.1) is 0 Å². The van der Waals surface area contributed by atoms with E-state index in [1.165, 1.54) is 36.2 Å². The molecule has 190 valence electrons. The molecule has 1 atom stereocenters. The molecule has 0 spiro atoms. The maximum absolute atomic E-state index is 13.7. The monoisotopic (exact) mass is 567 g/mol. The van der Waals surface area contributed by atoms with Crippen LogP contribution in [0.3, 0.4) is 0 Å². The van der Waals surface area contributed by atoms with E-state index in [1.54, 1.807) is 55.5 Å². The van der Waals surface area contributed by atoms with E-state index in [0.29, 0.717) is 20.6 Å². The van der Waals surface area contributed by atoms with Crippen molar-refractivity contribution in [2.45, 2.75) is 24.4 Å². The van der Waals surface area contributed by atoms with Crippen LogP contribution in [0, 0.1) is 0 Å². The van der Waals surface area contributed by atoms with Crippen molar-refractivity contribution in [2.75, 3.05) is 17.9 Å². The van der Waals surface area contributed by atoms with Crippen molar-refractivity contribution in [3.63, 3.8) is 0 Å². The van der Waals surface area contributed by atoms with Crippen molar-refractivity contribution in [1.82, 2.24) is 10.2 Å². The van der Waals surface area contributed by atoms with E-state index in [0.717, 1.165) is 4.31 Å². The average Bonchev–Trinajstić information content (AvgIpc) is 2.86. The molecular weight excluding hydrogens is 545 g/mol. The van der Waals surface area contributed by atoms with E-state index in [-0.39, 0.29) is 17.1 Å².